The van der Waals surface area contributed by atoms with Crippen molar-refractivity contribution in [3.05, 3.63) is 66.0 Å². The van der Waals surface area contributed by atoms with Crippen molar-refractivity contribution < 1.29 is 14.6 Å². The molecule has 0 bridgehead atoms. The third-order valence-electron chi connectivity index (χ3n) is 9.25. The molecule has 6 nitrogen and oxygen atoms in total. The van der Waals surface area contributed by atoms with Gasteiger partial charge in [-0.25, -0.2) is 0 Å². The van der Waals surface area contributed by atoms with Crippen LogP contribution in [0.15, 0.2) is 54.9 Å². The fraction of sp³-hybridized carbons (Fsp3) is 0.543. The number of rotatable bonds is 7. The number of carbonyl (C=O) groups is 1. The lowest BCUT2D eigenvalue weighted by Crippen LogP contribution is -2.41. The van der Waals surface area contributed by atoms with Crippen LogP contribution in [-0.2, 0) is 10.3 Å². The molecule has 0 atom stereocenters. The largest absolute Gasteiger partial charge is 0.496 e. The molecule has 0 saturated heterocycles. The number of hydrogen-bond acceptors (Lipinski definition) is 4. The quantitative estimate of drug-likeness (QED) is 0.327. The molecule has 2 aliphatic carbocycles. The molecule has 41 heavy (non-hydrogen) atoms. The number of hydrogen-bond donors (Lipinski definition) is 1. The van der Waals surface area contributed by atoms with E-state index in [1.54, 1.807) is 7.11 Å². The van der Waals surface area contributed by atoms with Crippen molar-refractivity contribution in [1.82, 2.24) is 9.78 Å². The summed E-state index contributed by atoms with van der Waals surface area (Å²) in [5.74, 6) is 2.16. The van der Waals surface area contributed by atoms with Gasteiger partial charge in [-0.1, -0.05) is 24.3 Å². The van der Waals surface area contributed by atoms with Crippen molar-refractivity contribution in [3.8, 4) is 16.9 Å². The number of methoxy groups -OCH3 is 1. The Morgan fingerprint density at radius 3 is 2.37 bits per heavy atom. The molecule has 3 aromatic rings. The Morgan fingerprint density at radius 2 is 1.73 bits per heavy atom. The first kappa shape index (κ1) is 29.4. The summed E-state index contributed by atoms with van der Waals surface area (Å²) in [6, 6.07) is 15.0. The first-order valence-electron chi connectivity index (χ1n) is 15.4. The number of benzene rings is 2. The van der Waals surface area contributed by atoms with E-state index in [-0.39, 0.29) is 23.5 Å². The number of nitrogens with zero attached hydrogens (tertiary/aromatic N) is 3. The molecular weight excluding hydrogens is 510 g/mol. The molecule has 5 rings (SSSR count). The minimum Gasteiger partial charge on any atom is -0.496 e. The van der Waals surface area contributed by atoms with Crippen molar-refractivity contribution in [2.45, 2.75) is 96.6 Å². The highest BCUT2D eigenvalue weighted by molar-refractivity contribution is 5.95. The van der Waals surface area contributed by atoms with Crippen molar-refractivity contribution in [2.75, 3.05) is 18.6 Å². The number of aliphatic hydroxyl groups excluding tert-OH is 1. The SMILES string of the molecule is COc1ccc([C@H]2CC[C@H](CN(c3cccc(-c4cnn(C(C)(C)C)c4)c3)C(=O)[C@H]3CC[C@H](O)CC3)CC2)cc1C. The molecule has 0 aliphatic heterocycles. The van der Waals surface area contributed by atoms with E-state index in [2.05, 4.69) is 86.4 Å². The zero-order chi connectivity index (χ0) is 29.1. The Balaban J connectivity index is 1.34. The molecule has 2 aliphatic rings. The zero-order valence-corrected chi connectivity index (χ0v) is 25.5. The molecule has 6 heteroatoms. The van der Waals surface area contributed by atoms with Crippen LogP contribution in [0.2, 0.25) is 0 Å². The topological polar surface area (TPSA) is 67.6 Å². The Labute approximate surface area is 245 Å². The van der Waals surface area contributed by atoms with Crippen LogP contribution in [0.5, 0.6) is 5.75 Å². The summed E-state index contributed by atoms with van der Waals surface area (Å²) >= 11 is 0. The minimum atomic E-state index is -0.271. The molecule has 220 valence electrons. The van der Waals surface area contributed by atoms with Crippen LogP contribution >= 0.6 is 0 Å². The number of aryl methyl sites for hydroxylation is 1. The number of amides is 1. The Hall–Kier alpha value is -3.12. The van der Waals surface area contributed by atoms with E-state index >= 15 is 0 Å². The lowest BCUT2D eigenvalue weighted by molar-refractivity contribution is -0.124. The van der Waals surface area contributed by atoms with Gasteiger partial charge in [0.2, 0.25) is 5.91 Å². The van der Waals surface area contributed by atoms with Crippen LogP contribution < -0.4 is 9.64 Å². The van der Waals surface area contributed by atoms with Crippen molar-refractivity contribution in [3.63, 3.8) is 0 Å². The highest BCUT2D eigenvalue weighted by atomic mass is 16.5. The lowest BCUT2D eigenvalue weighted by atomic mass is 9.78. The maximum atomic E-state index is 14.1. The summed E-state index contributed by atoms with van der Waals surface area (Å²) in [7, 11) is 1.73. The number of ether oxygens (including phenoxy) is 1. The van der Waals surface area contributed by atoms with Gasteiger partial charge in [-0.05, 0) is 126 Å². The molecule has 0 radical (unpaired) electrons. The van der Waals surface area contributed by atoms with Gasteiger partial charge in [0, 0.05) is 29.9 Å². The number of carbonyl (C=O) groups excluding carboxylic acids is 1. The van der Waals surface area contributed by atoms with Crippen LogP contribution in [-0.4, -0.2) is 40.6 Å². The van der Waals surface area contributed by atoms with Crippen LogP contribution in [0, 0.1) is 18.8 Å². The smallest absolute Gasteiger partial charge is 0.230 e. The Bertz CT molecular complexity index is 1320. The fourth-order valence-electron chi connectivity index (χ4n) is 6.65. The number of anilines is 1. The normalized spacial score (nSPS) is 23.3. The summed E-state index contributed by atoms with van der Waals surface area (Å²) in [5, 5.41) is 14.7. The highest BCUT2D eigenvalue weighted by Gasteiger charge is 2.32. The van der Waals surface area contributed by atoms with Gasteiger partial charge < -0.3 is 14.7 Å². The second kappa shape index (κ2) is 12.4. The molecule has 0 unspecified atom stereocenters. The van der Waals surface area contributed by atoms with Gasteiger partial charge >= 0.3 is 0 Å². The summed E-state index contributed by atoms with van der Waals surface area (Å²) in [6.45, 7) is 9.30. The van der Waals surface area contributed by atoms with Crippen molar-refractivity contribution >= 4 is 11.6 Å². The Morgan fingerprint density at radius 1 is 1.00 bits per heavy atom. The monoisotopic (exact) mass is 557 g/mol. The molecular formula is C35H47N3O3. The molecule has 1 aromatic heterocycles. The predicted molar refractivity (Wildman–Crippen MR) is 165 cm³/mol. The molecule has 1 N–H and O–H groups in total. The molecule has 2 aromatic carbocycles. The second-order valence-corrected chi connectivity index (χ2v) is 13.3. The predicted octanol–water partition coefficient (Wildman–Crippen LogP) is 7.48. The van der Waals surface area contributed by atoms with E-state index in [4.69, 9.17) is 4.74 Å². The summed E-state index contributed by atoms with van der Waals surface area (Å²) < 4.78 is 7.46. The maximum absolute atomic E-state index is 14.1. The van der Waals surface area contributed by atoms with E-state index in [9.17, 15) is 9.90 Å². The maximum Gasteiger partial charge on any atom is 0.230 e. The van der Waals surface area contributed by atoms with E-state index in [0.717, 1.165) is 67.6 Å². The van der Waals surface area contributed by atoms with Crippen molar-refractivity contribution in [2.24, 2.45) is 11.8 Å². The second-order valence-electron chi connectivity index (χ2n) is 13.3. The molecule has 2 fully saturated rings. The van der Waals surface area contributed by atoms with Gasteiger partial charge in [0.1, 0.15) is 5.75 Å². The van der Waals surface area contributed by atoms with Gasteiger partial charge in [-0.3, -0.25) is 9.48 Å². The first-order chi connectivity index (χ1) is 19.6. The van der Waals surface area contributed by atoms with E-state index < -0.39 is 0 Å². The first-order valence-corrected chi connectivity index (χ1v) is 15.4. The van der Waals surface area contributed by atoms with Crippen LogP contribution in [0.1, 0.15) is 89.2 Å². The average molecular weight is 558 g/mol. The molecule has 0 spiro atoms. The Kier molecular flexibility index (Phi) is 8.88. The van der Waals surface area contributed by atoms with Crippen molar-refractivity contribution in [1.29, 1.82) is 0 Å². The summed E-state index contributed by atoms with van der Waals surface area (Å²) in [5.41, 5.74) is 5.61. The molecule has 1 heterocycles. The van der Waals surface area contributed by atoms with Gasteiger partial charge in [0.15, 0.2) is 0 Å². The number of aliphatic hydroxyl groups is 1. The lowest BCUT2D eigenvalue weighted by Gasteiger charge is -2.36. The summed E-state index contributed by atoms with van der Waals surface area (Å²) in [4.78, 5) is 16.1. The van der Waals surface area contributed by atoms with Gasteiger partial charge in [-0.15, -0.1) is 0 Å². The molecule has 2 saturated carbocycles. The number of aromatic nitrogens is 2. The standard InChI is InChI=1S/C35H47N3O3/c1-24-19-29(15-18-33(24)41-5)26-11-9-25(10-12-26)22-37(34(40)27-13-16-32(39)17-14-27)31-8-6-7-28(20-31)30-21-36-38(23-30)35(2,3)4/h6-8,15,18-21,23,25-27,32,39H,9-14,16-17,22H2,1-5H3/t25-,26-,27-,32-. The van der Waals surface area contributed by atoms with Gasteiger partial charge in [-0.2, -0.15) is 5.10 Å². The third kappa shape index (κ3) is 6.86. The van der Waals surface area contributed by atoms with Gasteiger partial charge in [0.05, 0.1) is 24.9 Å². The van der Waals surface area contributed by atoms with Crippen LogP contribution in [0.4, 0.5) is 5.69 Å². The zero-order valence-electron chi connectivity index (χ0n) is 25.5. The van der Waals surface area contributed by atoms with Crippen LogP contribution in [0.25, 0.3) is 11.1 Å². The van der Waals surface area contributed by atoms with E-state index in [1.807, 2.05) is 10.9 Å². The van der Waals surface area contributed by atoms with Gasteiger partial charge in [0.25, 0.3) is 0 Å². The average Bonchev–Trinajstić information content (AvgIpc) is 3.48. The van der Waals surface area contributed by atoms with E-state index in [0.29, 0.717) is 24.7 Å². The summed E-state index contributed by atoms with van der Waals surface area (Å²) in [6.07, 6.45) is 11.2. The fourth-order valence-corrected chi connectivity index (χ4v) is 6.65. The van der Waals surface area contributed by atoms with Crippen LogP contribution in [0.3, 0.4) is 0 Å². The highest BCUT2D eigenvalue weighted by Crippen LogP contribution is 2.39. The minimum absolute atomic E-state index is 0.0238. The molecule has 1 amide bonds. The third-order valence-corrected chi connectivity index (χ3v) is 9.25. The van der Waals surface area contributed by atoms with E-state index in [1.165, 1.54) is 11.1 Å².